The van der Waals surface area contributed by atoms with Crippen molar-refractivity contribution in [1.29, 1.82) is 0 Å². The van der Waals surface area contributed by atoms with E-state index in [1.54, 1.807) is 48.5 Å². The number of ketones is 1. The third kappa shape index (κ3) is 3.29. The number of rotatable bonds is 5. The Bertz CT molecular complexity index is 582. The number of nitro groups is 1. The summed E-state index contributed by atoms with van der Waals surface area (Å²) in [5.74, 6) is -0.0885. The Morgan fingerprint density at radius 3 is 2.11 bits per heavy atom. The minimum atomic E-state index is -0.705. The zero-order chi connectivity index (χ0) is 13.7. The molecule has 0 saturated heterocycles. The summed E-state index contributed by atoms with van der Waals surface area (Å²) in [5, 5.41) is 9.41. The van der Waals surface area contributed by atoms with Crippen molar-refractivity contribution in [1.82, 2.24) is 5.53 Å². The summed E-state index contributed by atoms with van der Waals surface area (Å²) in [6.45, 7) is 0. The molecule has 0 heterocycles. The van der Waals surface area contributed by atoms with Crippen molar-refractivity contribution in [3.8, 4) is 0 Å². The van der Waals surface area contributed by atoms with E-state index < -0.39 is 5.03 Å². The third-order valence-electron chi connectivity index (χ3n) is 2.47. The first-order valence-electron chi connectivity index (χ1n) is 5.52. The zero-order valence-electron chi connectivity index (χ0n) is 9.87. The number of nitrogens with zero attached hydrogens (tertiary/aromatic N) is 1. The smallest absolute Gasteiger partial charge is 0.193 e. The van der Waals surface area contributed by atoms with E-state index in [9.17, 15) is 14.9 Å². The van der Waals surface area contributed by atoms with Crippen LogP contribution in [0.25, 0.3) is 0 Å². The van der Waals surface area contributed by atoms with E-state index in [4.69, 9.17) is 0 Å². The molecule has 2 aromatic carbocycles. The molecule has 0 saturated carbocycles. The van der Waals surface area contributed by atoms with E-state index in [1.165, 1.54) is 0 Å². The van der Waals surface area contributed by atoms with Crippen molar-refractivity contribution in [3.63, 3.8) is 0 Å². The maximum Gasteiger partial charge on any atom is 0.193 e. The molecule has 0 aliphatic heterocycles. The van der Waals surface area contributed by atoms with Crippen LogP contribution in [0.15, 0.2) is 54.6 Å². The van der Waals surface area contributed by atoms with Crippen molar-refractivity contribution in [2.45, 2.75) is 0 Å². The molecule has 0 amide bonds. The van der Waals surface area contributed by atoms with Gasteiger partial charge in [0.05, 0.1) is 5.69 Å². The highest BCUT2D eigenvalue weighted by molar-refractivity contribution is 6.09. The number of hydrogen-bond acceptors (Lipinski definition) is 4. The molecule has 0 aliphatic rings. The van der Waals surface area contributed by atoms with E-state index in [-0.39, 0.29) is 5.78 Å². The summed E-state index contributed by atoms with van der Waals surface area (Å²) in [4.78, 5) is 22.2. The van der Waals surface area contributed by atoms with Gasteiger partial charge in [0.1, 0.15) is 0 Å². The summed E-state index contributed by atoms with van der Waals surface area (Å²) < 4.78 is 0. The summed E-state index contributed by atoms with van der Waals surface area (Å²) in [6.07, 6.45) is 0. The molecule has 6 heteroatoms. The molecular formula is C13H11N3O3. The van der Waals surface area contributed by atoms with E-state index in [1.807, 2.05) is 11.6 Å². The second-order valence-corrected chi connectivity index (χ2v) is 3.77. The van der Waals surface area contributed by atoms with Gasteiger partial charge < -0.3 is 0 Å². The highest BCUT2D eigenvalue weighted by Gasteiger charge is 2.08. The Labute approximate surface area is 109 Å². The van der Waals surface area contributed by atoms with E-state index >= 15 is 0 Å². The van der Waals surface area contributed by atoms with Crippen molar-refractivity contribution in [2.24, 2.45) is 0 Å². The van der Waals surface area contributed by atoms with E-state index in [0.29, 0.717) is 16.8 Å². The van der Waals surface area contributed by atoms with Crippen LogP contribution in [0.4, 0.5) is 5.69 Å². The van der Waals surface area contributed by atoms with Crippen LogP contribution in [-0.4, -0.2) is 10.8 Å². The van der Waals surface area contributed by atoms with Crippen molar-refractivity contribution in [2.75, 3.05) is 5.43 Å². The minimum Gasteiger partial charge on any atom is -0.289 e. The van der Waals surface area contributed by atoms with Gasteiger partial charge in [0, 0.05) is 11.1 Å². The highest BCUT2D eigenvalue weighted by atomic mass is 16.7. The average Bonchev–Trinajstić information content (AvgIpc) is 2.46. The number of benzene rings is 2. The van der Waals surface area contributed by atoms with Gasteiger partial charge >= 0.3 is 0 Å². The van der Waals surface area contributed by atoms with Gasteiger partial charge in [-0.05, 0) is 29.8 Å². The number of anilines is 1. The molecule has 0 aromatic heterocycles. The first-order valence-corrected chi connectivity index (χ1v) is 5.52. The van der Waals surface area contributed by atoms with Gasteiger partial charge in [-0.2, -0.15) is 0 Å². The highest BCUT2D eigenvalue weighted by Crippen LogP contribution is 2.13. The Morgan fingerprint density at radius 2 is 1.53 bits per heavy atom. The van der Waals surface area contributed by atoms with E-state index in [2.05, 4.69) is 5.43 Å². The SMILES string of the molecule is O=C(c1ccccc1)c1ccc(NN[N+](=O)[O-])cc1. The largest absolute Gasteiger partial charge is 0.289 e. The van der Waals surface area contributed by atoms with Gasteiger partial charge in [0.15, 0.2) is 10.8 Å². The molecule has 6 nitrogen and oxygen atoms in total. The molecule has 0 bridgehead atoms. The molecule has 0 radical (unpaired) electrons. The molecule has 2 N–H and O–H groups in total. The molecule has 96 valence electrons. The Balaban J connectivity index is 2.10. The summed E-state index contributed by atoms with van der Waals surface area (Å²) in [7, 11) is 0. The van der Waals surface area contributed by atoms with Crippen LogP contribution in [-0.2, 0) is 0 Å². The predicted molar refractivity (Wildman–Crippen MR) is 70.1 cm³/mol. The Morgan fingerprint density at radius 1 is 0.947 bits per heavy atom. The van der Waals surface area contributed by atoms with Crippen molar-refractivity contribution in [3.05, 3.63) is 75.8 Å². The van der Waals surface area contributed by atoms with Gasteiger partial charge in [-0.3, -0.25) is 4.79 Å². The van der Waals surface area contributed by atoms with Crippen LogP contribution >= 0.6 is 0 Å². The van der Waals surface area contributed by atoms with Gasteiger partial charge in [-0.25, -0.2) is 15.5 Å². The van der Waals surface area contributed by atoms with Gasteiger partial charge in [0.2, 0.25) is 0 Å². The quantitative estimate of drug-likeness (QED) is 0.486. The van der Waals surface area contributed by atoms with Crippen LogP contribution in [0.5, 0.6) is 0 Å². The van der Waals surface area contributed by atoms with Crippen LogP contribution in [0.2, 0.25) is 0 Å². The number of carbonyl (C=O) groups excluding carboxylic acids is 1. The molecule has 0 aliphatic carbocycles. The first-order chi connectivity index (χ1) is 9.16. The van der Waals surface area contributed by atoms with Gasteiger partial charge in [-0.1, -0.05) is 30.3 Å². The summed E-state index contributed by atoms with van der Waals surface area (Å²) in [6, 6.07) is 15.3. The van der Waals surface area contributed by atoms with Crippen LogP contribution < -0.4 is 11.0 Å². The predicted octanol–water partition coefficient (Wildman–Crippen LogP) is 2.03. The first kappa shape index (κ1) is 12.6. The molecule has 0 unspecified atom stereocenters. The van der Waals surface area contributed by atoms with E-state index in [0.717, 1.165) is 0 Å². The normalized spacial score (nSPS) is 9.68. The monoisotopic (exact) mass is 257 g/mol. The van der Waals surface area contributed by atoms with Crippen LogP contribution in [0.1, 0.15) is 15.9 Å². The lowest BCUT2D eigenvalue weighted by Gasteiger charge is -2.04. The summed E-state index contributed by atoms with van der Waals surface area (Å²) >= 11 is 0. The number of nitrogens with one attached hydrogen (secondary N) is 2. The molecule has 0 spiro atoms. The van der Waals surface area contributed by atoms with Crippen LogP contribution in [0, 0.1) is 10.1 Å². The molecule has 0 atom stereocenters. The fourth-order valence-corrected chi connectivity index (χ4v) is 1.57. The maximum absolute atomic E-state index is 12.1. The molecular weight excluding hydrogens is 246 g/mol. The molecule has 0 fully saturated rings. The second-order valence-electron chi connectivity index (χ2n) is 3.77. The Hall–Kier alpha value is -2.89. The number of carbonyl (C=O) groups is 1. The molecule has 19 heavy (non-hydrogen) atoms. The van der Waals surface area contributed by atoms with Crippen LogP contribution in [0.3, 0.4) is 0 Å². The average molecular weight is 257 g/mol. The van der Waals surface area contributed by atoms with Gasteiger partial charge in [0.25, 0.3) is 0 Å². The zero-order valence-corrected chi connectivity index (χ0v) is 9.87. The second kappa shape index (κ2) is 5.63. The molecule has 2 aromatic rings. The van der Waals surface area contributed by atoms with Crippen molar-refractivity contribution < 1.29 is 9.83 Å². The lowest BCUT2D eigenvalue weighted by molar-refractivity contribution is -0.538. The Kier molecular flexibility index (Phi) is 3.72. The maximum atomic E-state index is 12.1. The number of hydrogen-bond donors (Lipinski definition) is 2. The fourth-order valence-electron chi connectivity index (χ4n) is 1.57. The lowest BCUT2D eigenvalue weighted by atomic mass is 10.0. The van der Waals surface area contributed by atoms with Crippen molar-refractivity contribution >= 4 is 11.5 Å². The topological polar surface area (TPSA) is 84.3 Å². The number of hydrazine groups is 2. The minimum absolute atomic E-state index is 0.0885. The lowest BCUT2D eigenvalue weighted by Crippen LogP contribution is -2.27. The third-order valence-corrected chi connectivity index (χ3v) is 2.47. The standard InChI is InChI=1S/C13H11N3O3/c17-13(10-4-2-1-3-5-10)11-6-8-12(9-7-11)14-15-16(18)19/h1-9,14-15H. The van der Waals surface area contributed by atoms with Gasteiger partial charge in [-0.15, -0.1) is 0 Å². The summed E-state index contributed by atoms with van der Waals surface area (Å²) in [5.41, 5.74) is 5.85. The fraction of sp³-hybridized carbons (Fsp3) is 0. The molecule has 2 rings (SSSR count).